The first-order chi connectivity index (χ1) is 10.9. The van der Waals surface area contributed by atoms with E-state index >= 15 is 0 Å². The zero-order valence-corrected chi connectivity index (χ0v) is 12.9. The number of rotatable bonds is 3. The van der Waals surface area contributed by atoms with E-state index in [4.69, 9.17) is 4.98 Å². The van der Waals surface area contributed by atoms with Gasteiger partial charge in [-0.25, -0.2) is 4.98 Å². The number of aromatic nitrogens is 2. The van der Waals surface area contributed by atoms with Crippen molar-refractivity contribution in [1.82, 2.24) is 9.38 Å². The Bertz CT molecular complexity index is 812. The maximum absolute atomic E-state index is 4.86. The molecule has 0 aliphatic heterocycles. The van der Waals surface area contributed by atoms with Crippen LogP contribution in [0.1, 0.15) is 0 Å². The van der Waals surface area contributed by atoms with Gasteiger partial charge in [0.25, 0.3) is 0 Å². The number of fused-ring (bicyclic) bond motifs is 1. The van der Waals surface area contributed by atoms with Crippen LogP contribution in [-0.4, -0.2) is 9.38 Å². The van der Waals surface area contributed by atoms with Gasteiger partial charge in [0.15, 0.2) is 0 Å². The van der Waals surface area contributed by atoms with Crippen LogP contribution in [0, 0.1) is 0 Å². The molecule has 2 aromatic carbocycles. The molecule has 4 aromatic rings. The van der Waals surface area contributed by atoms with E-state index in [9.17, 15) is 0 Å². The SMILES string of the molecule is c1ccc(P(c2ccccc2)c2cn3ccccc3n2)cc1. The molecule has 0 atom stereocenters. The molecule has 0 aliphatic rings. The Morgan fingerprint density at radius 3 is 1.86 bits per heavy atom. The van der Waals surface area contributed by atoms with Crippen molar-refractivity contribution in [3.8, 4) is 0 Å². The Labute approximate surface area is 130 Å². The number of hydrogen-bond donors (Lipinski definition) is 0. The molecule has 106 valence electrons. The van der Waals surface area contributed by atoms with Gasteiger partial charge >= 0.3 is 0 Å². The van der Waals surface area contributed by atoms with Crippen molar-refractivity contribution < 1.29 is 0 Å². The van der Waals surface area contributed by atoms with Gasteiger partial charge in [-0.2, -0.15) is 0 Å². The van der Waals surface area contributed by atoms with Crippen molar-refractivity contribution in [1.29, 1.82) is 0 Å². The number of nitrogens with zero attached hydrogens (tertiary/aromatic N) is 2. The van der Waals surface area contributed by atoms with Gasteiger partial charge in [0.2, 0.25) is 0 Å². The van der Waals surface area contributed by atoms with Crippen molar-refractivity contribution in [3.05, 3.63) is 91.3 Å². The van der Waals surface area contributed by atoms with Crippen molar-refractivity contribution in [3.63, 3.8) is 0 Å². The fraction of sp³-hybridized carbons (Fsp3) is 0. The maximum atomic E-state index is 4.86. The lowest BCUT2D eigenvalue weighted by Gasteiger charge is -2.16. The third kappa shape index (κ3) is 2.43. The highest BCUT2D eigenvalue weighted by atomic mass is 31.1. The van der Waals surface area contributed by atoms with Gasteiger partial charge in [-0.1, -0.05) is 66.7 Å². The van der Waals surface area contributed by atoms with Gasteiger partial charge < -0.3 is 4.40 Å². The molecule has 2 nitrogen and oxygen atoms in total. The second-order valence-corrected chi connectivity index (χ2v) is 7.23. The van der Waals surface area contributed by atoms with Crippen LogP contribution in [-0.2, 0) is 0 Å². The van der Waals surface area contributed by atoms with E-state index in [-0.39, 0.29) is 0 Å². The van der Waals surface area contributed by atoms with Crippen LogP contribution in [0.25, 0.3) is 5.65 Å². The van der Waals surface area contributed by atoms with E-state index in [0.29, 0.717) is 0 Å². The lowest BCUT2D eigenvalue weighted by Crippen LogP contribution is -2.21. The zero-order chi connectivity index (χ0) is 14.8. The van der Waals surface area contributed by atoms with E-state index < -0.39 is 7.92 Å². The quantitative estimate of drug-likeness (QED) is 0.532. The standard InChI is InChI=1S/C19H15N2P/c1-3-9-16(10-4-1)22(17-11-5-2-6-12-17)19-15-21-14-8-7-13-18(21)20-19/h1-15H. The van der Waals surface area contributed by atoms with E-state index in [1.807, 2.05) is 18.2 Å². The van der Waals surface area contributed by atoms with Crippen molar-refractivity contribution in [2.24, 2.45) is 0 Å². The Morgan fingerprint density at radius 2 is 1.27 bits per heavy atom. The summed E-state index contributed by atoms with van der Waals surface area (Å²) in [6, 6.07) is 27.4. The highest BCUT2D eigenvalue weighted by Crippen LogP contribution is 2.31. The minimum Gasteiger partial charge on any atom is -0.306 e. The van der Waals surface area contributed by atoms with E-state index in [2.05, 4.69) is 77.5 Å². The fourth-order valence-corrected chi connectivity index (χ4v) is 4.81. The predicted octanol–water partition coefficient (Wildman–Crippen LogP) is 3.09. The van der Waals surface area contributed by atoms with Crippen molar-refractivity contribution in [2.45, 2.75) is 0 Å². The fourth-order valence-electron chi connectivity index (χ4n) is 2.60. The summed E-state index contributed by atoms with van der Waals surface area (Å²) in [5, 5.41) is 2.65. The first kappa shape index (κ1) is 13.2. The minimum atomic E-state index is -0.625. The molecule has 0 N–H and O–H groups in total. The lowest BCUT2D eigenvalue weighted by molar-refractivity contribution is 1.19. The second kappa shape index (κ2) is 5.75. The van der Waals surface area contributed by atoms with Crippen LogP contribution < -0.4 is 16.0 Å². The zero-order valence-electron chi connectivity index (χ0n) is 12.0. The van der Waals surface area contributed by atoms with E-state index in [0.717, 1.165) is 11.1 Å². The summed E-state index contributed by atoms with van der Waals surface area (Å²) < 4.78 is 2.09. The Hall–Kier alpha value is -2.44. The molecule has 0 bridgehead atoms. The van der Waals surface area contributed by atoms with E-state index in [1.54, 1.807) is 0 Å². The number of imidazole rings is 1. The number of benzene rings is 2. The largest absolute Gasteiger partial charge is 0.306 e. The van der Waals surface area contributed by atoms with Crippen LogP contribution in [0.2, 0.25) is 0 Å². The van der Waals surface area contributed by atoms with Crippen LogP contribution in [0.3, 0.4) is 0 Å². The Morgan fingerprint density at radius 1 is 0.682 bits per heavy atom. The summed E-state index contributed by atoms with van der Waals surface area (Å²) in [6.45, 7) is 0. The summed E-state index contributed by atoms with van der Waals surface area (Å²) in [7, 11) is -0.625. The van der Waals surface area contributed by atoms with Gasteiger partial charge in [0.05, 0.1) is 5.44 Å². The predicted molar refractivity (Wildman–Crippen MR) is 93.9 cm³/mol. The molecule has 0 spiro atoms. The van der Waals surface area contributed by atoms with Crippen molar-refractivity contribution in [2.75, 3.05) is 0 Å². The summed E-state index contributed by atoms with van der Waals surface area (Å²) in [6.07, 6.45) is 4.20. The second-order valence-electron chi connectivity index (χ2n) is 5.07. The summed E-state index contributed by atoms with van der Waals surface area (Å²) in [5.41, 5.74) is 2.13. The minimum absolute atomic E-state index is 0.625. The Kier molecular flexibility index (Phi) is 3.46. The van der Waals surface area contributed by atoms with Gasteiger partial charge in [-0.3, -0.25) is 0 Å². The summed E-state index contributed by atoms with van der Waals surface area (Å²) in [4.78, 5) is 4.86. The average molecular weight is 302 g/mol. The smallest absolute Gasteiger partial charge is 0.137 e. The molecule has 2 heterocycles. The monoisotopic (exact) mass is 302 g/mol. The normalized spacial score (nSPS) is 11.1. The molecule has 0 saturated heterocycles. The van der Waals surface area contributed by atoms with Crippen molar-refractivity contribution >= 4 is 29.6 Å². The van der Waals surface area contributed by atoms with Crippen LogP contribution in [0.15, 0.2) is 91.3 Å². The molecular weight excluding hydrogens is 287 g/mol. The number of hydrogen-bond acceptors (Lipinski definition) is 1. The maximum Gasteiger partial charge on any atom is 0.137 e. The highest BCUT2D eigenvalue weighted by Gasteiger charge is 2.19. The highest BCUT2D eigenvalue weighted by molar-refractivity contribution is 7.79. The lowest BCUT2D eigenvalue weighted by atomic mass is 10.4. The van der Waals surface area contributed by atoms with Gasteiger partial charge in [-0.05, 0) is 22.7 Å². The summed E-state index contributed by atoms with van der Waals surface area (Å²) >= 11 is 0. The molecular formula is C19H15N2P. The van der Waals surface area contributed by atoms with Gasteiger partial charge in [-0.15, -0.1) is 0 Å². The topological polar surface area (TPSA) is 17.3 Å². The first-order valence-corrected chi connectivity index (χ1v) is 8.60. The molecule has 0 aliphatic carbocycles. The average Bonchev–Trinajstić information content (AvgIpc) is 3.00. The van der Waals surface area contributed by atoms with Crippen LogP contribution in [0.5, 0.6) is 0 Å². The van der Waals surface area contributed by atoms with Crippen LogP contribution in [0.4, 0.5) is 0 Å². The molecule has 22 heavy (non-hydrogen) atoms. The molecule has 0 saturated carbocycles. The molecule has 4 rings (SSSR count). The molecule has 0 radical (unpaired) electrons. The molecule has 2 aromatic heterocycles. The van der Waals surface area contributed by atoms with Gasteiger partial charge in [0.1, 0.15) is 5.65 Å². The Balaban J connectivity index is 1.90. The third-order valence-electron chi connectivity index (χ3n) is 3.61. The summed E-state index contributed by atoms with van der Waals surface area (Å²) in [5.74, 6) is 0. The van der Waals surface area contributed by atoms with Crippen LogP contribution >= 0.6 is 7.92 Å². The molecule has 0 amide bonds. The first-order valence-electron chi connectivity index (χ1n) is 7.26. The number of pyridine rings is 1. The molecule has 0 fully saturated rings. The van der Waals surface area contributed by atoms with Gasteiger partial charge in [0, 0.05) is 20.3 Å². The molecule has 3 heteroatoms. The third-order valence-corrected chi connectivity index (χ3v) is 5.91. The molecule has 0 unspecified atom stereocenters. The van der Waals surface area contributed by atoms with E-state index in [1.165, 1.54) is 10.6 Å².